The highest BCUT2D eigenvalue weighted by Gasteiger charge is 2.23. The van der Waals surface area contributed by atoms with Crippen molar-refractivity contribution < 1.29 is 23.9 Å². The van der Waals surface area contributed by atoms with Gasteiger partial charge in [-0.05, 0) is 61.1 Å². The van der Waals surface area contributed by atoms with Crippen molar-refractivity contribution in [3.05, 3.63) is 33.4 Å². The van der Waals surface area contributed by atoms with E-state index in [-0.39, 0.29) is 32.0 Å². The quantitative estimate of drug-likeness (QED) is 0.503. The molecule has 0 aliphatic carbocycles. The number of benzene rings is 1. The van der Waals surface area contributed by atoms with Gasteiger partial charge in [-0.1, -0.05) is 6.07 Å². The lowest BCUT2D eigenvalue weighted by Gasteiger charge is -2.17. The Hall–Kier alpha value is -1.64. The van der Waals surface area contributed by atoms with E-state index >= 15 is 0 Å². The number of carbonyl (C=O) groups excluding carboxylic acids is 3. The van der Waals surface area contributed by atoms with Gasteiger partial charge in [0.2, 0.25) is 0 Å². The Balaban J connectivity index is 2.73. The van der Waals surface area contributed by atoms with E-state index < -0.39 is 18.0 Å². The van der Waals surface area contributed by atoms with Gasteiger partial charge in [0.25, 0.3) is 5.91 Å². The fourth-order valence-corrected chi connectivity index (χ4v) is 2.40. The third-order valence-electron chi connectivity index (χ3n) is 2.91. The average molecular weight is 433 g/mol. The zero-order valence-electron chi connectivity index (χ0n) is 13.1. The van der Waals surface area contributed by atoms with E-state index in [9.17, 15) is 14.4 Å². The highest BCUT2D eigenvalue weighted by Crippen LogP contribution is 2.09. The van der Waals surface area contributed by atoms with Gasteiger partial charge < -0.3 is 14.8 Å². The second-order valence-electron chi connectivity index (χ2n) is 4.63. The summed E-state index contributed by atoms with van der Waals surface area (Å²) in [4.78, 5) is 35.6. The number of amides is 1. The summed E-state index contributed by atoms with van der Waals surface area (Å²) >= 11 is 2.10. The molecule has 126 valence electrons. The molecule has 7 heteroatoms. The Labute approximate surface area is 149 Å². The van der Waals surface area contributed by atoms with Crippen LogP contribution in [0.25, 0.3) is 0 Å². The minimum absolute atomic E-state index is 0.0317. The Morgan fingerprint density at radius 1 is 1.17 bits per heavy atom. The van der Waals surface area contributed by atoms with Crippen molar-refractivity contribution in [1.82, 2.24) is 5.32 Å². The summed E-state index contributed by atoms with van der Waals surface area (Å²) in [5.41, 5.74) is 0.447. The standard InChI is InChI=1S/C16H20INO5/c1-3-22-14(19)9-8-13(16(21)23-4-2)18-15(20)11-6-5-7-12(17)10-11/h5-7,10,13H,3-4,8-9H2,1-2H3,(H,18,20)/t13-/m0/s1. The molecule has 6 nitrogen and oxygen atoms in total. The molecule has 1 atom stereocenters. The summed E-state index contributed by atoms with van der Waals surface area (Å²) in [5.74, 6) is -1.36. The van der Waals surface area contributed by atoms with Gasteiger partial charge in [-0.15, -0.1) is 0 Å². The van der Waals surface area contributed by atoms with Crippen LogP contribution in [0.4, 0.5) is 0 Å². The van der Waals surface area contributed by atoms with Crippen molar-refractivity contribution in [3.63, 3.8) is 0 Å². The molecule has 0 aliphatic rings. The topological polar surface area (TPSA) is 81.7 Å². The van der Waals surface area contributed by atoms with Crippen LogP contribution in [0.3, 0.4) is 0 Å². The molecule has 0 bridgehead atoms. The van der Waals surface area contributed by atoms with E-state index in [2.05, 4.69) is 27.9 Å². The van der Waals surface area contributed by atoms with Crippen molar-refractivity contribution in [2.24, 2.45) is 0 Å². The van der Waals surface area contributed by atoms with Crippen molar-refractivity contribution >= 4 is 40.4 Å². The molecular weight excluding hydrogens is 413 g/mol. The highest BCUT2D eigenvalue weighted by atomic mass is 127. The molecule has 1 aromatic carbocycles. The Kier molecular flexibility index (Phi) is 8.60. The average Bonchev–Trinajstić information content (AvgIpc) is 2.51. The van der Waals surface area contributed by atoms with Crippen molar-refractivity contribution in [3.8, 4) is 0 Å². The Bertz CT molecular complexity index is 561. The van der Waals surface area contributed by atoms with Crippen LogP contribution in [0.5, 0.6) is 0 Å². The number of carbonyl (C=O) groups is 3. The molecule has 0 saturated heterocycles. The normalized spacial score (nSPS) is 11.4. The fourth-order valence-electron chi connectivity index (χ4n) is 1.86. The third kappa shape index (κ3) is 6.98. The van der Waals surface area contributed by atoms with E-state index in [1.54, 1.807) is 32.0 Å². The Morgan fingerprint density at radius 2 is 1.87 bits per heavy atom. The number of rotatable bonds is 8. The van der Waals surface area contributed by atoms with Crippen molar-refractivity contribution in [2.75, 3.05) is 13.2 Å². The largest absolute Gasteiger partial charge is 0.466 e. The summed E-state index contributed by atoms with van der Waals surface area (Å²) in [6, 6.07) is 6.11. The summed E-state index contributed by atoms with van der Waals surface area (Å²) < 4.78 is 10.7. The molecule has 1 amide bonds. The number of esters is 2. The number of hydrogen-bond donors (Lipinski definition) is 1. The molecule has 0 heterocycles. The zero-order valence-corrected chi connectivity index (χ0v) is 15.3. The number of halogens is 1. The predicted octanol–water partition coefficient (Wildman–Crippen LogP) is 2.30. The zero-order chi connectivity index (χ0) is 17.2. The maximum atomic E-state index is 12.2. The second-order valence-corrected chi connectivity index (χ2v) is 5.88. The van der Waals surface area contributed by atoms with Gasteiger partial charge in [0.1, 0.15) is 6.04 Å². The molecule has 1 rings (SSSR count). The molecule has 0 fully saturated rings. The van der Waals surface area contributed by atoms with Crippen molar-refractivity contribution in [1.29, 1.82) is 0 Å². The van der Waals surface area contributed by atoms with E-state index in [1.807, 2.05) is 6.07 Å². The minimum atomic E-state index is -0.885. The van der Waals surface area contributed by atoms with Crippen LogP contribution in [-0.2, 0) is 19.1 Å². The van der Waals surface area contributed by atoms with Gasteiger partial charge in [0, 0.05) is 15.6 Å². The van der Waals surface area contributed by atoms with Crippen LogP contribution in [0, 0.1) is 3.57 Å². The predicted molar refractivity (Wildman–Crippen MR) is 92.9 cm³/mol. The molecule has 0 radical (unpaired) electrons. The molecule has 1 aromatic rings. The highest BCUT2D eigenvalue weighted by molar-refractivity contribution is 14.1. The summed E-state index contributed by atoms with van der Waals surface area (Å²) in [5, 5.41) is 2.62. The first-order chi connectivity index (χ1) is 11.0. The minimum Gasteiger partial charge on any atom is -0.466 e. The number of nitrogens with one attached hydrogen (secondary N) is 1. The maximum Gasteiger partial charge on any atom is 0.328 e. The first-order valence-corrected chi connectivity index (χ1v) is 8.44. The molecular formula is C16H20INO5. The van der Waals surface area contributed by atoms with E-state index in [0.717, 1.165) is 3.57 Å². The molecule has 0 aliphatic heterocycles. The van der Waals surface area contributed by atoms with E-state index in [0.29, 0.717) is 5.56 Å². The molecule has 0 spiro atoms. The van der Waals surface area contributed by atoms with Crippen LogP contribution < -0.4 is 5.32 Å². The van der Waals surface area contributed by atoms with Gasteiger partial charge >= 0.3 is 11.9 Å². The van der Waals surface area contributed by atoms with E-state index in [4.69, 9.17) is 9.47 Å². The van der Waals surface area contributed by atoms with Crippen LogP contribution in [0.2, 0.25) is 0 Å². The fraction of sp³-hybridized carbons (Fsp3) is 0.438. The van der Waals surface area contributed by atoms with Crippen molar-refractivity contribution in [2.45, 2.75) is 32.7 Å². The Morgan fingerprint density at radius 3 is 2.48 bits per heavy atom. The lowest BCUT2D eigenvalue weighted by atomic mass is 10.1. The van der Waals surface area contributed by atoms with Gasteiger partial charge in [-0.3, -0.25) is 9.59 Å². The summed E-state index contributed by atoms with van der Waals surface area (Å²) in [6.07, 6.45) is 0.164. The summed E-state index contributed by atoms with van der Waals surface area (Å²) in [6.45, 7) is 3.87. The van der Waals surface area contributed by atoms with Crippen LogP contribution in [0.1, 0.15) is 37.0 Å². The van der Waals surface area contributed by atoms with Gasteiger partial charge in [-0.2, -0.15) is 0 Å². The molecule has 0 aromatic heterocycles. The maximum absolute atomic E-state index is 12.2. The third-order valence-corrected chi connectivity index (χ3v) is 3.58. The van der Waals surface area contributed by atoms with Crippen LogP contribution >= 0.6 is 22.6 Å². The molecule has 0 unspecified atom stereocenters. The monoisotopic (exact) mass is 433 g/mol. The van der Waals surface area contributed by atoms with Gasteiger partial charge in [-0.25, -0.2) is 4.79 Å². The SMILES string of the molecule is CCOC(=O)CC[C@H](NC(=O)c1cccc(I)c1)C(=O)OCC. The number of hydrogen-bond acceptors (Lipinski definition) is 5. The smallest absolute Gasteiger partial charge is 0.328 e. The van der Waals surface area contributed by atoms with Crippen LogP contribution in [0.15, 0.2) is 24.3 Å². The molecule has 23 heavy (non-hydrogen) atoms. The van der Waals surface area contributed by atoms with E-state index in [1.165, 1.54) is 0 Å². The summed E-state index contributed by atoms with van der Waals surface area (Å²) in [7, 11) is 0. The first kappa shape index (κ1) is 19.4. The molecule has 0 saturated carbocycles. The van der Waals surface area contributed by atoms with Crippen LogP contribution in [-0.4, -0.2) is 37.1 Å². The molecule has 1 N–H and O–H groups in total. The van der Waals surface area contributed by atoms with Gasteiger partial charge in [0.05, 0.1) is 13.2 Å². The first-order valence-electron chi connectivity index (χ1n) is 7.36. The lowest BCUT2D eigenvalue weighted by Crippen LogP contribution is -2.42. The number of ether oxygens (including phenoxy) is 2. The lowest BCUT2D eigenvalue weighted by molar-refractivity contribution is -0.146. The van der Waals surface area contributed by atoms with Gasteiger partial charge in [0.15, 0.2) is 0 Å². The second kappa shape index (κ2) is 10.2.